The summed E-state index contributed by atoms with van der Waals surface area (Å²) in [5, 5.41) is 2.92. The second kappa shape index (κ2) is 11.2. The van der Waals surface area contributed by atoms with Gasteiger partial charge >= 0.3 is 0 Å². The third-order valence-electron chi connectivity index (χ3n) is 6.07. The number of anilines is 1. The SMILES string of the molecule is CC(C)(C)c1ccc(N(C(=O)c2ccco2)[C@H](C(=O)NCCc2cccc(F)c2)c2cccnc2)cc1. The molecule has 0 radical (unpaired) electrons. The van der Waals surface area contributed by atoms with Gasteiger partial charge in [0.1, 0.15) is 11.9 Å². The van der Waals surface area contributed by atoms with E-state index in [-0.39, 0.29) is 29.4 Å². The van der Waals surface area contributed by atoms with Crippen LogP contribution < -0.4 is 10.2 Å². The Morgan fingerprint density at radius 1 is 1.03 bits per heavy atom. The van der Waals surface area contributed by atoms with Crippen LogP contribution in [0, 0.1) is 5.82 Å². The first kappa shape index (κ1) is 25.8. The van der Waals surface area contributed by atoms with Crippen LogP contribution in [0.3, 0.4) is 0 Å². The molecule has 2 amide bonds. The number of aromatic nitrogens is 1. The van der Waals surface area contributed by atoms with E-state index in [4.69, 9.17) is 4.42 Å². The van der Waals surface area contributed by atoms with E-state index in [1.165, 1.54) is 23.3 Å². The van der Waals surface area contributed by atoms with Crippen molar-refractivity contribution in [3.8, 4) is 0 Å². The Morgan fingerprint density at radius 2 is 1.81 bits per heavy atom. The van der Waals surface area contributed by atoms with Crippen LogP contribution in [0.2, 0.25) is 0 Å². The first-order valence-corrected chi connectivity index (χ1v) is 12.1. The van der Waals surface area contributed by atoms with Crippen molar-refractivity contribution in [3.05, 3.63) is 120 Å². The number of hydrogen-bond acceptors (Lipinski definition) is 4. The van der Waals surface area contributed by atoms with Crippen LogP contribution in [0.5, 0.6) is 0 Å². The van der Waals surface area contributed by atoms with Gasteiger partial charge in [-0.3, -0.25) is 19.5 Å². The molecule has 4 aromatic rings. The van der Waals surface area contributed by atoms with Gasteiger partial charge in [-0.1, -0.05) is 51.1 Å². The van der Waals surface area contributed by atoms with E-state index in [1.807, 2.05) is 24.3 Å². The minimum Gasteiger partial charge on any atom is -0.459 e. The number of rotatable bonds is 8. The normalized spacial score (nSPS) is 12.1. The van der Waals surface area contributed by atoms with Crippen LogP contribution in [0.1, 0.15) is 54.1 Å². The molecule has 1 N–H and O–H groups in total. The Morgan fingerprint density at radius 3 is 2.43 bits per heavy atom. The highest BCUT2D eigenvalue weighted by molar-refractivity contribution is 6.08. The predicted molar refractivity (Wildman–Crippen MR) is 141 cm³/mol. The molecule has 0 aliphatic rings. The molecule has 2 aromatic carbocycles. The van der Waals surface area contributed by atoms with Gasteiger partial charge in [0, 0.05) is 30.2 Å². The molecule has 0 bridgehead atoms. The first-order chi connectivity index (χ1) is 17.7. The van der Waals surface area contributed by atoms with Crippen LogP contribution in [-0.4, -0.2) is 23.3 Å². The summed E-state index contributed by atoms with van der Waals surface area (Å²) in [5.41, 5.74) is 2.87. The molecular weight excluding hydrogens is 469 g/mol. The number of furan rings is 1. The minimum absolute atomic E-state index is 0.0780. The fourth-order valence-corrected chi connectivity index (χ4v) is 4.10. The van der Waals surface area contributed by atoms with Crippen molar-refractivity contribution < 1.29 is 18.4 Å². The summed E-state index contributed by atoms with van der Waals surface area (Å²) in [6.45, 7) is 6.60. The van der Waals surface area contributed by atoms with Crippen LogP contribution in [0.15, 0.2) is 95.9 Å². The number of halogens is 1. The zero-order valence-electron chi connectivity index (χ0n) is 21.1. The smallest absolute Gasteiger partial charge is 0.294 e. The van der Waals surface area contributed by atoms with Gasteiger partial charge in [0.2, 0.25) is 5.91 Å². The number of benzene rings is 2. The number of amides is 2. The maximum Gasteiger partial charge on any atom is 0.294 e. The summed E-state index contributed by atoms with van der Waals surface area (Å²) in [5.74, 6) is -1.06. The van der Waals surface area contributed by atoms with Crippen molar-refractivity contribution in [3.63, 3.8) is 0 Å². The van der Waals surface area contributed by atoms with E-state index < -0.39 is 11.9 Å². The second-order valence-electron chi connectivity index (χ2n) is 9.81. The molecule has 6 nitrogen and oxygen atoms in total. The largest absolute Gasteiger partial charge is 0.459 e. The summed E-state index contributed by atoms with van der Waals surface area (Å²) >= 11 is 0. The molecule has 7 heteroatoms. The van der Waals surface area contributed by atoms with Crippen molar-refractivity contribution in [1.29, 1.82) is 0 Å². The molecule has 37 heavy (non-hydrogen) atoms. The average molecular weight is 500 g/mol. The molecule has 2 aromatic heterocycles. The van der Waals surface area contributed by atoms with Gasteiger partial charge < -0.3 is 9.73 Å². The zero-order valence-corrected chi connectivity index (χ0v) is 21.1. The molecule has 0 fully saturated rings. The summed E-state index contributed by atoms with van der Waals surface area (Å²) in [6.07, 6.45) is 5.05. The Kier molecular flexibility index (Phi) is 7.82. The fourth-order valence-electron chi connectivity index (χ4n) is 4.10. The van der Waals surface area contributed by atoms with Crippen LogP contribution in [0.25, 0.3) is 0 Å². The zero-order chi connectivity index (χ0) is 26.4. The number of carbonyl (C=O) groups is 2. The molecule has 4 rings (SSSR count). The average Bonchev–Trinajstić information content (AvgIpc) is 3.42. The Labute approximate surface area is 216 Å². The lowest BCUT2D eigenvalue weighted by atomic mass is 9.87. The number of pyridine rings is 1. The standard InChI is InChI=1S/C30H30FN3O3/c1-30(2,3)23-11-13-25(14-12-23)34(29(36)26-10-6-18-37-26)27(22-8-5-16-32-20-22)28(35)33-17-15-21-7-4-9-24(31)19-21/h4-14,16,18-20,27H,15,17H2,1-3H3,(H,33,35)/t27-/m0/s1. The fraction of sp³-hybridized carbons (Fsp3) is 0.233. The molecule has 1 atom stereocenters. The highest BCUT2D eigenvalue weighted by Gasteiger charge is 2.34. The van der Waals surface area contributed by atoms with E-state index in [9.17, 15) is 14.0 Å². The van der Waals surface area contributed by atoms with Gasteiger partial charge in [0.15, 0.2) is 5.76 Å². The Balaban J connectivity index is 1.69. The third-order valence-corrected chi connectivity index (χ3v) is 6.07. The predicted octanol–water partition coefficient (Wildman–Crippen LogP) is 5.86. The van der Waals surface area contributed by atoms with Gasteiger partial charge in [0.25, 0.3) is 5.91 Å². The van der Waals surface area contributed by atoms with Crippen molar-refractivity contribution in [2.75, 3.05) is 11.4 Å². The van der Waals surface area contributed by atoms with Crippen LogP contribution >= 0.6 is 0 Å². The monoisotopic (exact) mass is 499 g/mol. The van der Waals surface area contributed by atoms with E-state index in [2.05, 4.69) is 31.1 Å². The van der Waals surface area contributed by atoms with E-state index in [0.29, 0.717) is 17.7 Å². The maximum atomic E-state index is 13.7. The molecule has 0 saturated carbocycles. The number of nitrogens with one attached hydrogen (secondary N) is 1. The highest BCUT2D eigenvalue weighted by atomic mass is 19.1. The quantitative estimate of drug-likeness (QED) is 0.330. The topological polar surface area (TPSA) is 75.4 Å². The van der Waals surface area contributed by atoms with E-state index >= 15 is 0 Å². The van der Waals surface area contributed by atoms with Crippen molar-refractivity contribution >= 4 is 17.5 Å². The second-order valence-corrected chi connectivity index (χ2v) is 9.81. The third kappa shape index (κ3) is 6.30. The molecule has 0 aliphatic carbocycles. The molecule has 190 valence electrons. The number of carbonyl (C=O) groups excluding carboxylic acids is 2. The minimum atomic E-state index is -1.01. The Bertz CT molecular complexity index is 1330. The molecule has 0 saturated heterocycles. The van der Waals surface area contributed by atoms with Gasteiger partial charge in [-0.2, -0.15) is 0 Å². The van der Waals surface area contributed by atoms with Gasteiger partial charge in [0.05, 0.1) is 6.26 Å². The number of hydrogen-bond donors (Lipinski definition) is 1. The molecule has 0 aliphatic heterocycles. The number of nitrogens with zero attached hydrogens (tertiary/aromatic N) is 2. The molecular formula is C30H30FN3O3. The highest BCUT2D eigenvalue weighted by Crippen LogP contribution is 2.32. The molecule has 0 spiro atoms. The molecule has 0 unspecified atom stereocenters. The van der Waals surface area contributed by atoms with Crippen molar-refractivity contribution in [2.45, 2.75) is 38.6 Å². The Hall–Kier alpha value is -4.26. The van der Waals surface area contributed by atoms with Gasteiger partial charge in [-0.05, 0) is 65.4 Å². The van der Waals surface area contributed by atoms with Gasteiger partial charge in [-0.15, -0.1) is 0 Å². The van der Waals surface area contributed by atoms with Gasteiger partial charge in [-0.25, -0.2) is 4.39 Å². The van der Waals surface area contributed by atoms with E-state index in [0.717, 1.165) is 11.1 Å². The van der Waals surface area contributed by atoms with Crippen LogP contribution in [-0.2, 0) is 16.6 Å². The lowest BCUT2D eigenvalue weighted by Crippen LogP contribution is -2.44. The summed E-state index contributed by atoms with van der Waals surface area (Å²) in [7, 11) is 0. The molecule has 2 heterocycles. The maximum absolute atomic E-state index is 13.7. The van der Waals surface area contributed by atoms with Crippen molar-refractivity contribution in [1.82, 2.24) is 10.3 Å². The first-order valence-electron chi connectivity index (χ1n) is 12.1. The van der Waals surface area contributed by atoms with E-state index in [1.54, 1.807) is 48.8 Å². The lowest BCUT2D eigenvalue weighted by Gasteiger charge is -2.31. The van der Waals surface area contributed by atoms with Crippen LogP contribution in [0.4, 0.5) is 10.1 Å². The summed E-state index contributed by atoms with van der Waals surface area (Å²) in [6, 6.07) is 19.5. The summed E-state index contributed by atoms with van der Waals surface area (Å²) < 4.78 is 19.0. The lowest BCUT2D eigenvalue weighted by molar-refractivity contribution is -0.122. The summed E-state index contributed by atoms with van der Waals surface area (Å²) in [4.78, 5) is 33.0. The van der Waals surface area contributed by atoms with Crippen molar-refractivity contribution in [2.24, 2.45) is 0 Å².